The minimum atomic E-state index is -3.45. The van der Waals surface area contributed by atoms with Crippen molar-refractivity contribution in [2.24, 2.45) is 0 Å². The lowest BCUT2D eigenvalue weighted by atomic mass is 10.00. The number of hydrogen-bond donors (Lipinski definition) is 1. The van der Waals surface area contributed by atoms with Gasteiger partial charge >= 0.3 is 0 Å². The van der Waals surface area contributed by atoms with Gasteiger partial charge in [0.1, 0.15) is 11.5 Å². The van der Waals surface area contributed by atoms with Crippen molar-refractivity contribution in [1.29, 1.82) is 0 Å². The summed E-state index contributed by atoms with van der Waals surface area (Å²) in [6.07, 6.45) is 4.35. The van der Waals surface area contributed by atoms with Gasteiger partial charge in [-0.05, 0) is 51.7 Å². The van der Waals surface area contributed by atoms with Crippen LogP contribution in [0, 0.1) is 0 Å². The highest BCUT2D eigenvalue weighted by Gasteiger charge is 2.34. The Morgan fingerprint density at radius 2 is 2.03 bits per heavy atom. The van der Waals surface area contributed by atoms with Crippen molar-refractivity contribution < 1.29 is 13.2 Å². The van der Waals surface area contributed by atoms with Crippen molar-refractivity contribution in [1.82, 2.24) is 24.2 Å². The molecule has 2 aliphatic rings. The molecule has 2 aromatic heterocycles. The number of fused-ring (bicyclic) bond motifs is 1. The second-order valence-corrected chi connectivity index (χ2v) is 10.8. The standard InChI is InChI=1S/C21H27N5O4S/c1-14(2)31(29,30)25-12-9-15-17(13-25)23-19(24-20(15)27)18-8-4-6-11-26(18)21(28)16-7-3-5-10-22-16/h3,5,7,10,14,18H,4,6,8-9,11-13H2,1-2H3,(H,23,24,27)/t18-/m1/s1. The Bertz CT molecular complexity index is 1130. The van der Waals surface area contributed by atoms with Crippen molar-refractivity contribution in [3.8, 4) is 0 Å². The van der Waals surface area contributed by atoms with Crippen LogP contribution in [0.3, 0.4) is 0 Å². The summed E-state index contributed by atoms with van der Waals surface area (Å²) in [5, 5.41) is -0.541. The summed E-state index contributed by atoms with van der Waals surface area (Å²) in [5.41, 5.74) is 1.10. The molecule has 1 N–H and O–H groups in total. The third kappa shape index (κ3) is 4.14. The van der Waals surface area contributed by atoms with Gasteiger partial charge in [-0.15, -0.1) is 0 Å². The van der Waals surface area contributed by atoms with Gasteiger partial charge in [0.15, 0.2) is 0 Å². The van der Waals surface area contributed by atoms with Crippen LogP contribution in [0.15, 0.2) is 29.2 Å². The highest BCUT2D eigenvalue weighted by atomic mass is 32.2. The van der Waals surface area contributed by atoms with Crippen molar-refractivity contribution in [2.75, 3.05) is 13.1 Å². The topological polar surface area (TPSA) is 116 Å². The zero-order valence-electron chi connectivity index (χ0n) is 17.7. The lowest BCUT2D eigenvalue weighted by Gasteiger charge is -2.35. The Morgan fingerprint density at radius 1 is 1.23 bits per heavy atom. The molecule has 0 radical (unpaired) electrons. The van der Waals surface area contributed by atoms with E-state index in [1.54, 1.807) is 43.1 Å². The van der Waals surface area contributed by atoms with Gasteiger partial charge < -0.3 is 9.88 Å². The summed E-state index contributed by atoms with van der Waals surface area (Å²) in [4.78, 5) is 39.3. The van der Waals surface area contributed by atoms with Gasteiger partial charge in [0, 0.05) is 24.8 Å². The number of piperidine rings is 1. The minimum Gasteiger partial charge on any atom is -0.327 e. The van der Waals surface area contributed by atoms with Gasteiger partial charge in [-0.1, -0.05) is 6.07 Å². The van der Waals surface area contributed by atoms with E-state index in [1.165, 1.54) is 4.31 Å². The number of rotatable bonds is 4. The first-order chi connectivity index (χ1) is 14.8. The second-order valence-electron chi connectivity index (χ2n) is 8.28. The Balaban J connectivity index is 1.67. The van der Waals surface area contributed by atoms with Gasteiger partial charge in [-0.3, -0.25) is 14.6 Å². The zero-order chi connectivity index (χ0) is 22.2. The van der Waals surface area contributed by atoms with Crippen LogP contribution in [0.5, 0.6) is 0 Å². The van der Waals surface area contributed by atoms with Crippen molar-refractivity contribution in [3.63, 3.8) is 0 Å². The van der Waals surface area contributed by atoms with Gasteiger partial charge in [0.05, 0.1) is 23.5 Å². The van der Waals surface area contributed by atoms with Crippen LogP contribution in [0.25, 0.3) is 0 Å². The summed E-state index contributed by atoms with van der Waals surface area (Å²) in [6, 6.07) is 4.82. The van der Waals surface area contributed by atoms with Crippen LogP contribution < -0.4 is 5.56 Å². The third-order valence-electron chi connectivity index (χ3n) is 5.98. The summed E-state index contributed by atoms with van der Waals surface area (Å²) >= 11 is 0. The van der Waals surface area contributed by atoms with Crippen molar-refractivity contribution in [3.05, 3.63) is 57.5 Å². The fraction of sp³-hybridized carbons (Fsp3) is 0.524. The van der Waals surface area contributed by atoms with E-state index in [2.05, 4.69) is 15.0 Å². The molecule has 0 unspecified atom stereocenters. The van der Waals surface area contributed by atoms with E-state index < -0.39 is 15.3 Å². The molecule has 0 spiro atoms. The van der Waals surface area contributed by atoms with E-state index in [0.717, 1.165) is 12.8 Å². The molecule has 1 saturated heterocycles. The largest absolute Gasteiger partial charge is 0.327 e. The van der Waals surface area contributed by atoms with Gasteiger partial charge in [0.2, 0.25) is 10.0 Å². The number of H-pyrrole nitrogens is 1. The average Bonchev–Trinajstić information content (AvgIpc) is 2.78. The number of sulfonamides is 1. The second kappa shape index (κ2) is 8.51. The Kier molecular flexibility index (Phi) is 5.94. The third-order valence-corrected chi connectivity index (χ3v) is 8.20. The maximum absolute atomic E-state index is 13.1. The number of nitrogens with one attached hydrogen (secondary N) is 1. The molecule has 1 atom stereocenters. The molecule has 0 bridgehead atoms. The molecular weight excluding hydrogens is 418 g/mol. The van der Waals surface area contributed by atoms with Crippen LogP contribution >= 0.6 is 0 Å². The molecular formula is C21H27N5O4S. The lowest BCUT2D eigenvalue weighted by molar-refractivity contribution is 0.0592. The number of carbonyl (C=O) groups excluding carboxylic acids is 1. The van der Waals surface area contributed by atoms with Gasteiger partial charge in [-0.2, -0.15) is 4.31 Å². The van der Waals surface area contributed by atoms with Crippen LogP contribution in [0.4, 0.5) is 0 Å². The average molecular weight is 446 g/mol. The maximum atomic E-state index is 13.1. The van der Waals surface area contributed by atoms with Crippen LogP contribution in [0.2, 0.25) is 0 Å². The number of pyridine rings is 1. The smallest absolute Gasteiger partial charge is 0.273 e. The molecule has 0 aromatic carbocycles. The number of carbonyl (C=O) groups is 1. The normalized spacial score (nSPS) is 20.0. The number of aromatic nitrogens is 3. The predicted octanol–water partition coefficient (Wildman–Crippen LogP) is 1.63. The summed E-state index contributed by atoms with van der Waals surface area (Å²) in [5.74, 6) is 0.214. The lowest BCUT2D eigenvalue weighted by Crippen LogP contribution is -2.44. The Hall–Kier alpha value is -2.59. The molecule has 10 heteroatoms. The Labute approximate surface area is 181 Å². The summed E-state index contributed by atoms with van der Waals surface area (Å²) < 4.78 is 26.6. The predicted molar refractivity (Wildman–Crippen MR) is 115 cm³/mol. The molecule has 2 aliphatic heterocycles. The first-order valence-electron chi connectivity index (χ1n) is 10.6. The molecule has 4 heterocycles. The van der Waals surface area contributed by atoms with E-state index in [-0.39, 0.29) is 30.6 Å². The quantitative estimate of drug-likeness (QED) is 0.765. The highest BCUT2D eigenvalue weighted by molar-refractivity contribution is 7.89. The summed E-state index contributed by atoms with van der Waals surface area (Å²) in [7, 11) is -3.45. The SMILES string of the molecule is CC(C)S(=O)(=O)N1CCc2c(nc([C@H]3CCCCN3C(=O)c3ccccn3)[nH]c2=O)C1. The Morgan fingerprint density at radius 3 is 2.74 bits per heavy atom. The first kappa shape index (κ1) is 21.6. The molecule has 4 rings (SSSR count). The first-order valence-corrected chi connectivity index (χ1v) is 12.1. The number of hydrogen-bond acceptors (Lipinski definition) is 6. The molecule has 2 aromatic rings. The maximum Gasteiger partial charge on any atom is 0.273 e. The van der Waals surface area contributed by atoms with E-state index in [0.29, 0.717) is 42.2 Å². The van der Waals surface area contributed by atoms with Gasteiger partial charge in [0.25, 0.3) is 11.5 Å². The fourth-order valence-electron chi connectivity index (χ4n) is 4.20. The molecule has 31 heavy (non-hydrogen) atoms. The molecule has 1 amide bonds. The highest BCUT2D eigenvalue weighted by Crippen LogP contribution is 2.30. The zero-order valence-corrected chi connectivity index (χ0v) is 18.6. The fourth-order valence-corrected chi connectivity index (χ4v) is 5.45. The molecule has 9 nitrogen and oxygen atoms in total. The molecule has 166 valence electrons. The number of likely N-dealkylation sites (tertiary alicyclic amines) is 1. The number of aromatic amines is 1. The van der Waals surface area contributed by atoms with Crippen LogP contribution in [0.1, 0.15) is 66.7 Å². The van der Waals surface area contributed by atoms with E-state index in [4.69, 9.17) is 0 Å². The van der Waals surface area contributed by atoms with E-state index >= 15 is 0 Å². The number of nitrogens with zero attached hydrogens (tertiary/aromatic N) is 4. The summed E-state index contributed by atoms with van der Waals surface area (Å²) in [6.45, 7) is 4.18. The van der Waals surface area contributed by atoms with Crippen LogP contribution in [-0.4, -0.2) is 56.8 Å². The molecule has 0 saturated carbocycles. The van der Waals surface area contributed by atoms with Gasteiger partial charge in [-0.25, -0.2) is 13.4 Å². The van der Waals surface area contributed by atoms with Crippen LogP contribution in [-0.2, 0) is 23.0 Å². The molecule has 1 fully saturated rings. The minimum absolute atomic E-state index is 0.0771. The van der Waals surface area contributed by atoms with Crippen molar-refractivity contribution in [2.45, 2.75) is 57.4 Å². The van der Waals surface area contributed by atoms with Crippen molar-refractivity contribution >= 4 is 15.9 Å². The monoisotopic (exact) mass is 445 g/mol. The molecule has 0 aliphatic carbocycles. The number of amides is 1. The van der Waals surface area contributed by atoms with E-state index in [9.17, 15) is 18.0 Å². The van der Waals surface area contributed by atoms with E-state index in [1.807, 2.05) is 0 Å².